The van der Waals surface area contributed by atoms with Gasteiger partial charge in [-0.3, -0.25) is 24.3 Å². The van der Waals surface area contributed by atoms with Crippen LogP contribution in [0.3, 0.4) is 0 Å². The smallest absolute Gasteiger partial charge is 0.262 e. The normalized spacial score (nSPS) is 13.0. The number of fused-ring (bicyclic) bond motifs is 1. The fourth-order valence-corrected chi connectivity index (χ4v) is 3.58. The molecule has 3 rings (SSSR count). The molecule has 118 valence electrons. The molecule has 0 spiro atoms. The van der Waals surface area contributed by atoms with Crippen molar-refractivity contribution in [2.45, 2.75) is 0 Å². The van der Waals surface area contributed by atoms with Crippen LogP contribution < -0.4 is 21.3 Å². The van der Waals surface area contributed by atoms with E-state index in [1.165, 1.54) is 7.11 Å². The molecule has 2 heterocycles. The largest absolute Gasteiger partial charge is 0.493 e. The number of ether oxygens (including phenoxy) is 1. The van der Waals surface area contributed by atoms with Gasteiger partial charge in [-0.25, -0.2) is 0 Å². The second-order valence-electron chi connectivity index (χ2n) is 4.69. The fourth-order valence-electron chi connectivity index (χ4n) is 2.44. The third kappa shape index (κ3) is 2.34. The minimum absolute atomic E-state index is 0.0117. The van der Waals surface area contributed by atoms with Crippen LogP contribution >= 0.6 is 38.5 Å². The topological polar surface area (TPSA) is 103 Å². The Morgan fingerprint density at radius 1 is 1.26 bits per heavy atom. The first-order valence-corrected chi connectivity index (χ1v) is 8.17. The number of methoxy groups -OCH3 is 1. The Balaban J connectivity index is 2.43. The van der Waals surface area contributed by atoms with E-state index in [9.17, 15) is 14.4 Å². The average molecular weight is 490 g/mol. The molecule has 7 nitrogen and oxygen atoms in total. The number of pyridine rings is 1. The zero-order valence-electron chi connectivity index (χ0n) is 11.6. The van der Waals surface area contributed by atoms with Crippen molar-refractivity contribution < 1.29 is 14.3 Å². The number of aromatic nitrogens is 1. The number of benzene rings is 1. The van der Waals surface area contributed by atoms with Gasteiger partial charge in [-0.05, 0) is 50.7 Å². The summed E-state index contributed by atoms with van der Waals surface area (Å²) in [4.78, 5) is 36.1. The Morgan fingerprint density at radius 3 is 2.61 bits per heavy atom. The molecule has 0 fully saturated rings. The third-order valence-electron chi connectivity index (χ3n) is 3.42. The second kappa shape index (κ2) is 5.64. The number of nitrogen functional groups attached to an aromatic ring is 1. The van der Waals surface area contributed by atoms with Gasteiger partial charge < -0.3 is 10.5 Å². The Bertz CT molecular complexity index is 939. The van der Waals surface area contributed by atoms with Gasteiger partial charge in [0.1, 0.15) is 11.5 Å². The third-order valence-corrected chi connectivity index (χ3v) is 4.90. The lowest BCUT2D eigenvalue weighted by Gasteiger charge is -2.17. The van der Waals surface area contributed by atoms with Crippen LogP contribution in [0.2, 0.25) is 0 Å². The monoisotopic (exact) mass is 489 g/mol. The highest BCUT2D eigenvalue weighted by Gasteiger charge is 2.32. The number of rotatable bonds is 2. The quantitative estimate of drug-likeness (QED) is 0.493. The standard InChI is InChI=1S/C14H9BrIN3O4/c1-23-11-7(16)3-2-6(15)10(11)19-8(20)4-5-9(12(19)17)14(22)18-13(5)21/h2-4H,17H2,1H3,(H,18,21,22). The minimum Gasteiger partial charge on any atom is -0.493 e. The van der Waals surface area contributed by atoms with Gasteiger partial charge in [-0.15, -0.1) is 0 Å². The van der Waals surface area contributed by atoms with Gasteiger partial charge in [0, 0.05) is 10.5 Å². The molecule has 0 saturated heterocycles. The predicted octanol–water partition coefficient (Wildman–Crippen LogP) is 1.68. The summed E-state index contributed by atoms with van der Waals surface area (Å²) >= 11 is 5.43. The van der Waals surface area contributed by atoms with E-state index in [-0.39, 0.29) is 16.9 Å². The molecular weight excluding hydrogens is 481 g/mol. The number of hydrogen-bond donors (Lipinski definition) is 2. The molecule has 1 aromatic heterocycles. The first-order chi connectivity index (χ1) is 10.9. The average Bonchev–Trinajstić information content (AvgIpc) is 2.77. The molecule has 0 unspecified atom stereocenters. The van der Waals surface area contributed by atoms with Crippen LogP contribution in [0.4, 0.5) is 5.82 Å². The Labute approximate surface area is 152 Å². The molecule has 0 radical (unpaired) electrons. The number of nitrogens with two attached hydrogens (primary N) is 1. The van der Waals surface area contributed by atoms with E-state index >= 15 is 0 Å². The van der Waals surface area contributed by atoms with Gasteiger partial charge in [0.25, 0.3) is 17.4 Å². The SMILES string of the molecule is COc1c(I)ccc(Br)c1-n1c(N)c2c(cc1=O)C(=O)NC2=O. The van der Waals surface area contributed by atoms with E-state index in [0.717, 1.165) is 14.2 Å². The van der Waals surface area contributed by atoms with Gasteiger partial charge in [0.05, 0.1) is 21.8 Å². The predicted molar refractivity (Wildman–Crippen MR) is 95.2 cm³/mol. The summed E-state index contributed by atoms with van der Waals surface area (Å²) in [6.07, 6.45) is 0. The van der Waals surface area contributed by atoms with E-state index < -0.39 is 17.4 Å². The summed E-state index contributed by atoms with van der Waals surface area (Å²) in [5, 5.41) is 2.13. The second-order valence-corrected chi connectivity index (χ2v) is 6.70. The Kier molecular flexibility index (Phi) is 3.92. The van der Waals surface area contributed by atoms with Crippen LogP contribution in [0.25, 0.3) is 5.69 Å². The summed E-state index contributed by atoms with van der Waals surface area (Å²) in [6, 6.07) is 4.64. The molecule has 3 N–H and O–H groups in total. The van der Waals surface area contributed by atoms with Crippen LogP contribution in [-0.2, 0) is 0 Å². The van der Waals surface area contributed by atoms with E-state index in [1.54, 1.807) is 12.1 Å². The lowest BCUT2D eigenvalue weighted by molar-refractivity contribution is 0.0880. The molecule has 0 atom stereocenters. The maximum atomic E-state index is 12.5. The number of nitrogens with one attached hydrogen (secondary N) is 1. The van der Waals surface area contributed by atoms with Crippen LogP contribution in [0.1, 0.15) is 20.7 Å². The molecule has 9 heteroatoms. The highest BCUT2D eigenvalue weighted by atomic mass is 127. The maximum absolute atomic E-state index is 12.5. The maximum Gasteiger partial charge on any atom is 0.262 e. The van der Waals surface area contributed by atoms with Crippen LogP contribution in [0.5, 0.6) is 5.75 Å². The number of imide groups is 1. The van der Waals surface area contributed by atoms with Crippen molar-refractivity contribution in [2.24, 2.45) is 0 Å². The first kappa shape index (κ1) is 16.0. The fraction of sp³-hybridized carbons (Fsp3) is 0.0714. The van der Waals surface area contributed by atoms with E-state index in [0.29, 0.717) is 15.9 Å². The van der Waals surface area contributed by atoms with Crippen molar-refractivity contribution in [2.75, 3.05) is 12.8 Å². The van der Waals surface area contributed by atoms with E-state index in [4.69, 9.17) is 10.5 Å². The van der Waals surface area contributed by atoms with Gasteiger partial charge in [-0.2, -0.15) is 0 Å². The van der Waals surface area contributed by atoms with Gasteiger partial charge >= 0.3 is 0 Å². The molecule has 23 heavy (non-hydrogen) atoms. The number of halogens is 2. The van der Waals surface area contributed by atoms with Crippen molar-refractivity contribution in [3.63, 3.8) is 0 Å². The van der Waals surface area contributed by atoms with Crippen molar-refractivity contribution in [1.29, 1.82) is 0 Å². The van der Waals surface area contributed by atoms with Crippen molar-refractivity contribution in [3.05, 3.63) is 47.7 Å². The summed E-state index contributed by atoms with van der Waals surface area (Å²) in [5.74, 6) is -0.943. The lowest BCUT2D eigenvalue weighted by Crippen LogP contribution is -2.25. The molecule has 1 aromatic carbocycles. The molecule has 1 aliphatic heterocycles. The van der Waals surface area contributed by atoms with Crippen molar-refractivity contribution in [1.82, 2.24) is 9.88 Å². The number of carbonyl (C=O) groups excluding carboxylic acids is 2. The summed E-state index contributed by atoms with van der Waals surface area (Å²) in [7, 11) is 1.47. The Morgan fingerprint density at radius 2 is 1.96 bits per heavy atom. The molecule has 0 aliphatic carbocycles. The number of hydrogen-bond acceptors (Lipinski definition) is 5. The summed E-state index contributed by atoms with van der Waals surface area (Å²) in [5.41, 5.74) is 5.84. The van der Waals surface area contributed by atoms with Crippen molar-refractivity contribution in [3.8, 4) is 11.4 Å². The highest BCUT2D eigenvalue weighted by Crippen LogP contribution is 2.36. The molecule has 2 amide bonds. The number of carbonyl (C=O) groups is 2. The zero-order chi connectivity index (χ0) is 16.9. The number of anilines is 1. The molecule has 0 bridgehead atoms. The Hall–Kier alpha value is -1.88. The van der Waals surface area contributed by atoms with Crippen LogP contribution in [0, 0.1) is 3.57 Å². The van der Waals surface area contributed by atoms with Gasteiger partial charge in [0.2, 0.25) is 0 Å². The lowest BCUT2D eigenvalue weighted by atomic mass is 10.1. The van der Waals surface area contributed by atoms with Crippen molar-refractivity contribution >= 4 is 56.2 Å². The van der Waals surface area contributed by atoms with E-state index in [1.807, 2.05) is 0 Å². The number of nitrogens with zero attached hydrogens (tertiary/aromatic N) is 1. The van der Waals surface area contributed by atoms with E-state index in [2.05, 4.69) is 43.8 Å². The number of amides is 2. The molecule has 0 saturated carbocycles. The van der Waals surface area contributed by atoms with Gasteiger partial charge in [-0.1, -0.05) is 0 Å². The summed E-state index contributed by atoms with van der Waals surface area (Å²) < 4.78 is 7.85. The van der Waals surface area contributed by atoms with Crippen LogP contribution in [-0.4, -0.2) is 23.5 Å². The van der Waals surface area contributed by atoms with Gasteiger partial charge in [0.15, 0.2) is 5.75 Å². The molecular formula is C14H9BrIN3O4. The van der Waals surface area contributed by atoms with Crippen LogP contribution in [0.15, 0.2) is 27.5 Å². The zero-order valence-corrected chi connectivity index (χ0v) is 15.4. The molecule has 1 aliphatic rings. The molecule has 2 aromatic rings. The first-order valence-electron chi connectivity index (χ1n) is 6.30. The highest BCUT2D eigenvalue weighted by molar-refractivity contribution is 14.1. The summed E-state index contributed by atoms with van der Waals surface area (Å²) in [6.45, 7) is 0. The minimum atomic E-state index is -0.630.